The Labute approximate surface area is 140 Å². The molecule has 6 heteroatoms. The predicted octanol–water partition coefficient (Wildman–Crippen LogP) is 6.11. The van der Waals surface area contributed by atoms with Gasteiger partial charge in [0, 0.05) is 20.8 Å². The average Bonchev–Trinajstić information content (AvgIpc) is 2.80. The van der Waals surface area contributed by atoms with Gasteiger partial charge < -0.3 is 5.32 Å². The van der Waals surface area contributed by atoms with Gasteiger partial charge in [-0.25, -0.2) is 0 Å². The van der Waals surface area contributed by atoms with E-state index in [0.717, 1.165) is 4.70 Å². The van der Waals surface area contributed by atoms with Crippen molar-refractivity contribution in [3.8, 4) is 0 Å². The van der Waals surface area contributed by atoms with Crippen LogP contribution >= 0.6 is 46.1 Å². The maximum absolute atomic E-state index is 12.3. The van der Waals surface area contributed by atoms with E-state index in [2.05, 4.69) is 5.32 Å². The first-order valence-electron chi connectivity index (χ1n) is 5.99. The summed E-state index contributed by atoms with van der Waals surface area (Å²) in [5.41, 5.74) is 0.656. The Hall–Kier alpha value is -1.26. The quantitative estimate of drug-likeness (QED) is 0.589. The van der Waals surface area contributed by atoms with E-state index >= 15 is 0 Å². The minimum absolute atomic E-state index is 0.264. The minimum Gasteiger partial charge on any atom is -0.321 e. The van der Waals surface area contributed by atoms with Gasteiger partial charge in [0.05, 0.1) is 10.0 Å². The van der Waals surface area contributed by atoms with Crippen LogP contribution in [0.15, 0.2) is 42.5 Å². The molecule has 0 radical (unpaired) electrons. The van der Waals surface area contributed by atoms with Crippen molar-refractivity contribution < 1.29 is 4.79 Å². The fourth-order valence-corrected chi connectivity index (χ4v) is 3.91. The molecule has 3 aromatic rings. The maximum atomic E-state index is 12.3. The third-order valence-corrected chi connectivity index (χ3v) is 5.13. The van der Waals surface area contributed by atoms with Gasteiger partial charge in [-0.2, -0.15) is 0 Å². The summed E-state index contributed by atoms with van der Waals surface area (Å²) in [4.78, 5) is 12.8. The molecule has 21 heavy (non-hydrogen) atoms. The molecule has 0 spiro atoms. The average molecular weight is 357 g/mol. The molecule has 0 bridgehead atoms. The molecule has 0 fully saturated rings. The van der Waals surface area contributed by atoms with Crippen molar-refractivity contribution in [1.82, 2.24) is 0 Å². The Morgan fingerprint density at radius 2 is 1.71 bits per heavy atom. The van der Waals surface area contributed by atoms with Crippen LogP contribution in [0.1, 0.15) is 9.67 Å². The molecule has 1 N–H and O–H groups in total. The first-order valence-corrected chi connectivity index (χ1v) is 7.95. The molecule has 1 aromatic heterocycles. The van der Waals surface area contributed by atoms with Crippen LogP contribution in [-0.4, -0.2) is 5.91 Å². The van der Waals surface area contributed by atoms with Crippen molar-refractivity contribution in [2.45, 2.75) is 0 Å². The van der Waals surface area contributed by atoms with E-state index in [0.29, 0.717) is 31.0 Å². The fraction of sp³-hybridized carbons (Fsp3) is 0. The SMILES string of the molecule is O=C(Nc1ccc(Cl)cc1)c1sc2cccc(Cl)c2c1Cl. The van der Waals surface area contributed by atoms with Gasteiger partial charge in [0.15, 0.2) is 0 Å². The highest BCUT2D eigenvalue weighted by Gasteiger charge is 2.18. The van der Waals surface area contributed by atoms with Gasteiger partial charge >= 0.3 is 0 Å². The van der Waals surface area contributed by atoms with Gasteiger partial charge in [0.1, 0.15) is 4.88 Å². The molecular weight excluding hydrogens is 349 g/mol. The molecular formula is C15H8Cl3NOS. The fourth-order valence-electron chi connectivity index (χ4n) is 1.94. The first-order chi connectivity index (χ1) is 10.1. The number of amides is 1. The zero-order valence-corrected chi connectivity index (χ0v) is 13.6. The van der Waals surface area contributed by atoms with Crippen LogP contribution in [0.4, 0.5) is 5.69 Å². The van der Waals surface area contributed by atoms with Crippen LogP contribution < -0.4 is 5.32 Å². The Kier molecular flexibility index (Phi) is 4.09. The summed E-state index contributed by atoms with van der Waals surface area (Å²) < 4.78 is 0.883. The molecule has 0 aliphatic carbocycles. The lowest BCUT2D eigenvalue weighted by molar-refractivity contribution is 0.103. The molecule has 0 saturated carbocycles. The summed E-state index contributed by atoms with van der Waals surface area (Å²) in [5, 5.41) is 5.04. The molecule has 1 amide bonds. The first kappa shape index (κ1) is 14.7. The second kappa shape index (κ2) is 5.85. The van der Waals surface area contributed by atoms with E-state index < -0.39 is 0 Å². The Morgan fingerprint density at radius 1 is 1.00 bits per heavy atom. The second-order valence-electron chi connectivity index (χ2n) is 4.32. The summed E-state index contributed by atoms with van der Waals surface area (Å²) >= 11 is 19.6. The highest BCUT2D eigenvalue weighted by atomic mass is 35.5. The van der Waals surface area contributed by atoms with Crippen LogP contribution in [0, 0.1) is 0 Å². The minimum atomic E-state index is -0.264. The van der Waals surface area contributed by atoms with E-state index in [9.17, 15) is 4.79 Å². The van der Waals surface area contributed by atoms with Crippen LogP contribution in [0.2, 0.25) is 15.1 Å². The largest absolute Gasteiger partial charge is 0.321 e. The summed E-state index contributed by atoms with van der Waals surface area (Å²) in [6, 6.07) is 12.3. The number of carbonyl (C=O) groups is 1. The summed E-state index contributed by atoms with van der Waals surface area (Å²) in [5.74, 6) is -0.264. The molecule has 106 valence electrons. The Morgan fingerprint density at radius 3 is 2.38 bits per heavy atom. The molecule has 0 aliphatic rings. The van der Waals surface area contributed by atoms with Gasteiger partial charge in [-0.3, -0.25) is 4.79 Å². The number of fused-ring (bicyclic) bond motifs is 1. The van der Waals surface area contributed by atoms with E-state index in [4.69, 9.17) is 34.8 Å². The Bertz CT molecular complexity index is 827. The van der Waals surface area contributed by atoms with Gasteiger partial charge in [-0.15, -0.1) is 11.3 Å². The Balaban J connectivity index is 1.96. The van der Waals surface area contributed by atoms with Crippen molar-refractivity contribution in [3.05, 3.63) is 62.4 Å². The predicted molar refractivity (Wildman–Crippen MR) is 91.3 cm³/mol. The lowest BCUT2D eigenvalue weighted by atomic mass is 10.2. The third-order valence-electron chi connectivity index (χ3n) is 2.91. The van der Waals surface area contributed by atoms with Gasteiger partial charge in [-0.05, 0) is 36.4 Å². The molecule has 0 unspecified atom stereocenters. The molecule has 3 rings (SSSR count). The van der Waals surface area contributed by atoms with Crippen molar-refractivity contribution in [2.24, 2.45) is 0 Å². The lowest BCUT2D eigenvalue weighted by Gasteiger charge is -2.03. The smallest absolute Gasteiger partial charge is 0.267 e. The van der Waals surface area contributed by atoms with Crippen LogP contribution in [-0.2, 0) is 0 Å². The number of carbonyl (C=O) groups excluding carboxylic acids is 1. The van der Waals surface area contributed by atoms with E-state index in [1.807, 2.05) is 12.1 Å². The van der Waals surface area contributed by atoms with Crippen LogP contribution in [0.3, 0.4) is 0 Å². The standard InChI is InChI=1S/C15H8Cl3NOS/c16-8-4-6-9(7-5-8)19-15(20)14-13(18)12-10(17)2-1-3-11(12)21-14/h1-7H,(H,19,20). The van der Waals surface area contributed by atoms with E-state index in [1.165, 1.54) is 11.3 Å². The number of thiophene rings is 1. The van der Waals surface area contributed by atoms with E-state index in [1.54, 1.807) is 30.3 Å². The lowest BCUT2D eigenvalue weighted by Crippen LogP contribution is -2.10. The number of rotatable bonds is 2. The number of benzene rings is 2. The summed E-state index contributed by atoms with van der Waals surface area (Å²) in [7, 11) is 0. The number of nitrogens with one attached hydrogen (secondary N) is 1. The summed E-state index contributed by atoms with van der Waals surface area (Å²) in [6.45, 7) is 0. The van der Waals surface area contributed by atoms with Crippen LogP contribution in [0.5, 0.6) is 0 Å². The zero-order valence-electron chi connectivity index (χ0n) is 10.5. The van der Waals surface area contributed by atoms with Crippen molar-refractivity contribution in [3.63, 3.8) is 0 Å². The van der Waals surface area contributed by atoms with E-state index in [-0.39, 0.29) is 5.91 Å². The molecule has 0 aliphatic heterocycles. The normalized spacial score (nSPS) is 10.8. The summed E-state index contributed by atoms with van der Waals surface area (Å²) in [6.07, 6.45) is 0. The third kappa shape index (κ3) is 2.87. The topological polar surface area (TPSA) is 29.1 Å². The van der Waals surface area contributed by atoms with Crippen molar-refractivity contribution >= 4 is 67.8 Å². The highest BCUT2D eigenvalue weighted by Crippen LogP contribution is 2.39. The molecule has 0 atom stereocenters. The maximum Gasteiger partial charge on any atom is 0.267 e. The number of hydrogen-bond donors (Lipinski definition) is 1. The number of halogens is 3. The van der Waals surface area contributed by atoms with Crippen molar-refractivity contribution in [2.75, 3.05) is 5.32 Å². The molecule has 2 aromatic carbocycles. The molecule has 0 saturated heterocycles. The number of hydrogen-bond acceptors (Lipinski definition) is 2. The second-order valence-corrected chi connectivity index (χ2v) is 6.59. The zero-order chi connectivity index (χ0) is 15.0. The number of anilines is 1. The monoisotopic (exact) mass is 355 g/mol. The van der Waals surface area contributed by atoms with Crippen LogP contribution in [0.25, 0.3) is 10.1 Å². The highest BCUT2D eigenvalue weighted by molar-refractivity contribution is 7.21. The van der Waals surface area contributed by atoms with Crippen molar-refractivity contribution in [1.29, 1.82) is 0 Å². The van der Waals surface area contributed by atoms with Gasteiger partial charge in [0.2, 0.25) is 0 Å². The molecule has 2 nitrogen and oxygen atoms in total. The van der Waals surface area contributed by atoms with Gasteiger partial charge in [0.25, 0.3) is 5.91 Å². The van der Waals surface area contributed by atoms with Gasteiger partial charge in [-0.1, -0.05) is 40.9 Å². The molecule has 1 heterocycles.